The fourth-order valence-corrected chi connectivity index (χ4v) is 4.69. The van der Waals surface area contributed by atoms with Crippen molar-refractivity contribution in [3.05, 3.63) is 55.0 Å². The number of fused-ring (bicyclic) bond motifs is 1. The lowest BCUT2D eigenvalue weighted by molar-refractivity contribution is 0.120. The van der Waals surface area contributed by atoms with Crippen LogP contribution in [0.15, 0.2) is 60.0 Å². The van der Waals surface area contributed by atoms with Gasteiger partial charge in [-0.05, 0) is 29.3 Å². The fraction of sp³-hybridized carbons (Fsp3) is 0.278. The summed E-state index contributed by atoms with van der Waals surface area (Å²) in [6.07, 6.45) is 3.93. The lowest BCUT2D eigenvalue weighted by atomic mass is 10.1. The zero-order valence-electron chi connectivity index (χ0n) is 13.9. The molecule has 25 heavy (non-hydrogen) atoms. The second-order valence-corrected chi connectivity index (χ2v) is 8.05. The lowest BCUT2D eigenvalue weighted by Crippen LogP contribution is -2.39. The molecule has 1 fully saturated rings. The van der Waals surface area contributed by atoms with E-state index in [4.69, 9.17) is 4.74 Å². The minimum Gasteiger partial charge on any atom is -0.474 e. The summed E-state index contributed by atoms with van der Waals surface area (Å²) in [6, 6.07) is 13.8. The molecule has 7 heteroatoms. The third-order valence-corrected chi connectivity index (χ3v) is 6.17. The molecule has 0 amide bonds. The van der Waals surface area contributed by atoms with Crippen LogP contribution in [-0.4, -0.2) is 35.0 Å². The van der Waals surface area contributed by atoms with Gasteiger partial charge in [-0.3, -0.25) is 0 Å². The Hall–Kier alpha value is -2.38. The molecular weight excluding hydrogens is 338 g/mol. The number of hydrogen-bond donors (Lipinski definition) is 0. The quantitative estimate of drug-likeness (QED) is 0.720. The molecule has 0 unspecified atom stereocenters. The highest BCUT2D eigenvalue weighted by Crippen LogP contribution is 2.29. The van der Waals surface area contributed by atoms with Gasteiger partial charge in [-0.2, -0.15) is 4.31 Å². The number of aryl methyl sites for hydroxylation is 1. The van der Waals surface area contributed by atoms with E-state index in [-0.39, 0.29) is 5.03 Å². The minimum absolute atomic E-state index is 0.0593. The molecule has 0 spiro atoms. The van der Waals surface area contributed by atoms with E-state index in [1.807, 2.05) is 42.5 Å². The second kappa shape index (κ2) is 6.16. The maximum absolute atomic E-state index is 12.8. The number of rotatable bonds is 4. The summed E-state index contributed by atoms with van der Waals surface area (Å²) in [5, 5.41) is 2.25. The van der Waals surface area contributed by atoms with E-state index in [1.165, 1.54) is 16.8 Å². The standard InChI is InChI=1S/C18H19N3O3S/c1-20-12-17(19-13-20)25(22,23)21-10-4-7-18(21)24-16-9-8-14-5-2-3-6-15(14)11-16/h2-3,5-6,8-9,11-13,18H,4,7,10H2,1H3/t18-/m0/s1. The molecule has 4 rings (SSSR count). The largest absolute Gasteiger partial charge is 0.474 e. The molecule has 1 aliphatic rings. The molecule has 0 bridgehead atoms. The molecule has 0 saturated carbocycles. The second-order valence-electron chi connectivity index (χ2n) is 6.22. The third-order valence-electron chi connectivity index (χ3n) is 4.40. The first-order valence-electron chi connectivity index (χ1n) is 8.19. The third kappa shape index (κ3) is 3.01. The van der Waals surface area contributed by atoms with Crippen molar-refractivity contribution < 1.29 is 13.2 Å². The van der Waals surface area contributed by atoms with Gasteiger partial charge >= 0.3 is 0 Å². The number of imidazole rings is 1. The summed E-state index contributed by atoms with van der Waals surface area (Å²) in [5.41, 5.74) is 0. The van der Waals surface area contributed by atoms with Crippen molar-refractivity contribution in [3.63, 3.8) is 0 Å². The summed E-state index contributed by atoms with van der Waals surface area (Å²) in [4.78, 5) is 3.99. The highest BCUT2D eigenvalue weighted by Gasteiger charge is 2.38. The van der Waals surface area contributed by atoms with Crippen LogP contribution in [0.1, 0.15) is 12.8 Å². The Labute approximate surface area is 146 Å². The molecule has 1 atom stereocenters. The molecule has 1 aliphatic heterocycles. The van der Waals surface area contributed by atoms with Gasteiger partial charge in [0.15, 0.2) is 11.3 Å². The van der Waals surface area contributed by atoms with Crippen molar-refractivity contribution in [2.45, 2.75) is 24.1 Å². The van der Waals surface area contributed by atoms with Gasteiger partial charge in [0.05, 0.1) is 6.33 Å². The van der Waals surface area contributed by atoms with Crippen LogP contribution in [-0.2, 0) is 17.1 Å². The highest BCUT2D eigenvalue weighted by atomic mass is 32.2. The Morgan fingerprint density at radius 3 is 2.72 bits per heavy atom. The molecule has 130 valence electrons. The van der Waals surface area contributed by atoms with Crippen LogP contribution in [0.25, 0.3) is 10.8 Å². The van der Waals surface area contributed by atoms with Crippen LogP contribution in [0, 0.1) is 0 Å². The van der Waals surface area contributed by atoms with E-state index in [1.54, 1.807) is 11.6 Å². The van der Waals surface area contributed by atoms with Crippen LogP contribution >= 0.6 is 0 Å². The van der Waals surface area contributed by atoms with Gasteiger partial charge in [0.2, 0.25) is 0 Å². The Bertz CT molecular complexity index is 1010. The Balaban J connectivity index is 1.60. The average Bonchev–Trinajstić information content (AvgIpc) is 3.24. The van der Waals surface area contributed by atoms with E-state index in [0.29, 0.717) is 18.7 Å². The fourth-order valence-electron chi connectivity index (χ4n) is 3.14. The van der Waals surface area contributed by atoms with Gasteiger partial charge in [0.25, 0.3) is 10.0 Å². The van der Waals surface area contributed by atoms with Crippen molar-refractivity contribution in [3.8, 4) is 5.75 Å². The Morgan fingerprint density at radius 1 is 1.16 bits per heavy atom. The van der Waals surface area contributed by atoms with Crippen LogP contribution in [0.4, 0.5) is 0 Å². The maximum atomic E-state index is 12.8. The smallest absolute Gasteiger partial charge is 0.265 e. The molecular formula is C18H19N3O3S. The van der Waals surface area contributed by atoms with Crippen molar-refractivity contribution >= 4 is 20.8 Å². The SMILES string of the molecule is Cn1cnc(S(=O)(=O)N2CCC[C@@H]2Oc2ccc3ccccc3c2)c1. The minimum atomic E-state index is -3.65. The normalized spacial score (nSPS) is 18.7. The summed E-state index contributed by atoms with van der Waals surface area (Å²) < 4.78 is 34.7. The number of nitrogens with zero attached hydrogens (tertiary/aromatic N) is 3. The summed E-state index contributed by atoms with van der Waals surface area (Å²) in [5.74, 6) is 0.673. The van der Waals surface area contributed by atoms with E-state index in [9.17, 15) is 8.42 Å². The van der Waals surface area contributed by atoms with Crippen LogP contribution in [0.2, 0.25) is 0 Å². The lowest BCUT2D eigenvalue weighted by Gasteiger charge is -2.24. The highest BCUT2D eigenvalue weighted by molar-refractivity contribution is 7.89. The van der Waals surface area contributed by atoms with E-state index >= 15 is 0 Å². The van der Waals surface area contributed by atoms with Crippen molar-refractivity contribution in [1.29, 1.82) is 0 Å². The van der Waals surface area contributed by atoms with Crippen LogP contribution in [0.5, 0.6) is 5.75 Å². The molecule has 1 aromatic heterocycles. The number of aromatic nitrogens is 2. The maximum Gasteiger partial charge on any atom is 0.265 e. The Morgan fingerprint density at radius 2 is 1.96 bits per heavy atom. The molecule has 3 aromatic rings. The van der Waals surface area contributed by atoms with Gasteiger partial charge in [0.1, 0.15) is 5.75 Å². The molecule has 0 radical (unpaired) electrons. The molecule has 2 aromatic carbocycles. The first-order valence-corrected chi connectivity index (χ1v) is 9.63. The molecule has 1 saturated heterocycles. The topological polar surface area (TPSA) is 64.4 Å². The van der Waals surface area contributed by atoms with Crippen molar-refractivity contribution in [2.75, 3.05) is 6.54 Å². The van der Waals surface area contributed by atoms with Crippen LogP contribution in [0.3, 0.4) is 0 Å². The Kier molecular flexibility index (Phi) is 3.97. The predicted octanol–water partition coefficient (Wildman–Crippen LogP) is 2.76. The summed E-state index contributed by atoms with van der Waals surface area (Å²) >= 11 is 0. The number of benzene rings is 2. The molecule has 0 aliphatic carbocycles. The first kappa shape index (κ1) is 16.1. The number of hydrogen-bond acceptors (Lipinski definition) is 4. The monoisotopic (exact) mass is 357 g/mol. The van der Waals surface area contributed by atoms with Gasteiger partial charge < -0.3 is 9.30 Å². The predicted molar refractivity (Wildman–Crippen MR) is 94.7 cm³/mol. The van der Waals surface area contributed by atoms with Gasteiger partial charge in [0, 0.05) is 26.2 Å². The van der Waals surface area contributed by atoms with E-state index in [0.717, 1.165) is 17.2 Å². The first-order chi connectivity index (χ1) is 12.0. The van der Waals surface area contributed by atoms with Crippen LogP contribution < -0.4 is 4.74 Å². The summed E-state index contributed by atoms with van der Waals surface area (Å²) in [7, 11) is -1.90. The van der Waals surface area contributed by atoms with Crippen molar-refractivity contribution in [1.82, 2.24) is 13.9 Å². The van der Waals surface area contributed by atoms with E-state index < -0.39 is 16.3 Å². The van der Waals surface area contributed by atoms with Gasteiger partial charge in [-0.15, -0.1) is 0 Å². The zero-order chi connectivity index (χ0) is 17.4. The number of sulfonamides is 1. The van der Waals surface area contributed by atoms with Gasteiger partial charge in [-0.25, -0.2) is 13.4 Å². The molecule has 0 N–H and O–H groups in total. The average molecular weight is 357 g/mol. The molecule has 2 heterocycles. The molecule has 6 nitrogen and oxygen atoms in total. The van der Waals surface area contributed by atoms with Crippen molar-refractivity contribution in [2.24, 2.45) is 7.05 Å². The van der Waals surface area contributed by atoms with Gasteiger partial charge in [-0.1, -0.05) is 30.3 Å². The summed E-state index contributed by atoms with van der Waals surface area (Å²) in [6.45, 7) is 0.442. The van der Waals surface area contributed by atoms with E-state index in [2.05, 4.69) is 4.98 Å². The number of ether oxygens (including phenoxy) is 1. The zero-order valence-corrected chi connectivity index (χ0v) is 14.7.